The van der Waals surface area contributed by atoms with Gasteiger partial charge in [-0.25, -0.2) is 4.98 Å². The molecule has 0 spiro atoms. The summed E-state index contributed by atoms with van der Waals surface area (Å²) in [7, 11) is 0. The number of nitrogens with zero attached hydrogens (tertiary/aromatic N) is 2. The maximum absolute atomic E-state index is 9.35. The van der Waals surface area contributed by atoms with E-state index >= 15 is 0 Å². The van der Waals surface area contributed by atoms with Crippen molar-refractivity contribution in [3.05, 3.63) is 30.1 Å². The molecule has 0 radical (unpaired) electrons. The highest BCUT2D eigenvalue weighted by Gasteiger charge is 2.37. The summed E-state index contributed by atoms with van der Waals surface area (Å²) in [5.41, 5.74) is 2.12. The van der Waals surface area contributed by atoms with Gasteiger partial charge in [0, 0.05) is 6.54 Å². The molecule has 3 rings (SSSR count). The van der Waals surface area contributed by atoms with Gasteiger partial charge in [0.05, 0.1) is 23.2 Å². The van der Waals surface area contributed by atoms with Gasteiger partial charge in [-0.1, -0.05) is 19.1 Å². The number of hydrogen-bond donors (Lipinski definition) is 2. The SMILES string of the molecule is CCC1(c2nc3ccccc3n2CCO)CCCN1. The number of rotatable bonds is 4. The van der Waals surface area contributed by atoms with Gasteiger partial charge in [-0.15, -0.1) is 0 Å². The Morgan fingerprint density at radius 1 is 1.42 bits per heavy atom. The molecular formula is C15H21N3O. The number of aliphatic hydroxyl groups excluding tert-OH is 1. The summed E-state index contributed by atoms with van der Waals surface area (Å²) >= 11 is 0. The van der Waals surface area contributed by atoms with Crippen molar-refractivity contribution in [2.45, 2.75) is 38.3 Å². The first-order valence-electron chi connectivity index (χ1n) is 7.12. The molecule has 1 aromatic heterocycles. The van der Waals surface area contributed by atoms with Crippen LogP contribution in [0.15, 0.2) is 24.3 Å². The minimum absolute atomic E-state index is 0.0197. The summed E-state index contributed by atoms with van der Waals surface area (Å²) in [6, 6.07) is 8.18. The zero-order valence-corrected chi connectivity index (χ0v) is 11.4. The molecule has 1 unspecified atom stereocenters. The van der Waals surface area contributed by atoms with Crippen LogP contribution in [0.5, 0.6) is 0 Å². The third kappa shape index (κ3) is 1.95. The van der Waals surface area contributed by atoms with Gasteiger partial charge in [-0.3, -0.25) is 0 Å². The Hall–Kier alpha value is -1.39. The fourth-order valence-corrected chi connectivity index (χ4v) is 3.22. The van der Waals surface area contributed by atoms with Gasteiger partial charge in [0.15, 0.2) is 0 Å². The molecule has 0 saturated carbocycles. The zero-order valence-electron chi connectivity index (χ0n) is 11.4. The number of benzene rings is 1. The highest BCUT2D eigenvalue weighted by molar-refractivity contribution is 5.76. The number of para-hydroxylation sites is 2. The summed E-state index contributed by atoms with van der Waals surface area (Å²) < 4.78 is 2.18. The first kappa shape index (κ1) is 12.6. The van der Waals surface area contributed by atoms with E-state index in [1.807, 2.05) is 18.2 Å². The highest BCUT2D eigenvalue weighted by Crippen LogP contribution is 2.35. The molecule has 1 saturated heterocycles. The summed E-state index contributed by atoms with van der Waals surface area (Å²) in [4.78, 5) is 4.85. The van der Waals surface area contributed by atoms with Crippen LogP contribution < -0.4 is 5.32 Å². The number of aliphatic hydroxyl groups is 1. The summed E-state index contributed by atoms with van der Waals surface area (Å²) in [6.45, 7) is 4.02. The van der Waals surface area contributed by atoms with Crippen molar-refractivity contribution in [3.8, 4) is 0 Å². The highest BCUT2D eigenvalue weighted by atomic mass is 16.3. The second-order valence-electron chi connectivity index (χ2n) is 5.27. The van der Waals surface area contributed by atoms with Gasteiger partial charge in [-0.05, 0) is 37.9 Å². The Kier molecular flexibility index (Phi) is 3.29. The Balaban J connectivity index is 2.18. The van der Waals surface area contributed by atoms with Crippen LogP contribution in [0, 0.1) is 0 Å². The number of fused-ring (bicyclic) bond motifs is 1. The number of imidazole rings is 1. The molecular weight excluding hydrogens is 238 g/mol. The van der Waals surface area contributed by atoms with E-state index in [-0.39, 0.29) is 12.1 Å². The summed E-state index contributed by atoms with van der Waals surface area (Å²) in [5, 5.41) is 13.0. The molecule has 1 aromatic carbocycles. The number of aromatic nitrogens is 2. The van der Waals surface area contributed by atoms with Gasteiger partial charge in [-0.2, -0.15) is 0 Å². The van der Waals surface area contributed by atoms with Crippen LogP contribution in [0.3, 0.4) is 0 Å². The number of nitrogens with one attached hydrogen (secondary N) is 1. The van der Waals surface area contributed by atoms with Crippen LogP contribution in [0.25, 0.3) is 11.0 Å². The fourth-order valence-electron chi connectivity index (χ4n) is 3.22. The molecule has 2 aromatic rings. The van der Waals surface area contributed by atoms with Gasteiger partial charge in [0.25, 0.3) is 0 Å². The Labute approximate surface area is 113 Å². The van der Waals surface area contributed by atoms with E-state index in [1.54, 1.807) is 0 Å². The predicted octanol–water partition coefficient (Wildman–Crippen LogP) is 2.02. The number of hydrogen-bond acceptors (Lipinski definition) is 3. The van der Waals surface area contributed by atoms with Crippen LogP contribution in [-0.2, 0) is 12.1 Å². The first-order valence-corrected chi connectivity index (χ1v) is 7.12. The molecule has 0 aliphatic carbocycles. The smallest absolute Gasteiger partial charge is 0.130 e. The van der Waals surface area contributed by atoms with Crippen molar-refractivity contribution in [2.75, 3.05) is 13.2 Å². The molecule has 19 heavy (non-hydrogen) atoms. The molecule has 102 valence electrons. The first-order chi connectivity index (χ1) is 9.30. The van der Waals surface area contributed by atoms with Gasteiger partial charge in [0.2, 0.25) is 0 Å². The van der Waals surface area contributed by atoms with Crippen molar-refractivity contribution in [2.24, 2.45) is 0 Å². The standard InChI is InChI=1S/C15H21N3O/c1-2-15(8-5-9-16-15)14-17-12-6-3-4-7-13(12)18(14)10-11-19/h3-4,6-7,16,19H,2,5,8-11H2,1H3. The maximum atomic E-state index is 9.35. The Bertz CT molecular complexity index is 570. The third-order valence-electron chi connectivity index (χ3n) is 4.25. The van der Waals surface area contributed by atoms with E-state index < -0.39 is 0 Å². The van der Waals surface area contributed by atoms with Crippen LogP contribution in [0.1, 0.15) is 32.0 Å². The van der Waals surface area contributed by atoms with Crippen LogP contribution in [-0.4, -0.2) is 27.8 Å². The minimum atomic E-state index is -0.0197. The largest absolute Gasteiger partial charge is 0.395 e. The van der Waals surface area contributed by atoms with Crippen LogP contribution in [0.2, 0.25) is 0 Å². The lowest BCUT2D eigenvalue weighted by Gasteiger charge is -2.28. The topological polar surface area (TPSA) is 50.1 Å². The van der Waals surface area contributed by atoms with Crippen molar-refractivity contribution < 1.29 is 5.11 Å². The van der Waals surface area contributed by atoms with E-state index in [4.69, 9.17) is 4.98 Å². The molecule has 0 amide bonds. The molecule has 1 aliphatic rings. The normalized spacial score (nSPS) is 23.3. The monoisotopic (exact) mass is 259 g/mol. The lowest BCUT2D eigenvalue weighted by Crippen LogP contribution is -2.39. The van der Waals surface area contributed by atoms with E-state index in [1.165, 1.54) is 6.42 Å². The quantitative estimate of drug-likeness (QED) is 0.883. The van der Waals surface area contributed by atoms with Gasteiger partial charge >= 0.3 is 0 Å². The molecule has 0 bridgehead atoms. The van der Waals surface area contributed by atoms with Crippen LogP contribution >= 0.6 is 0 Å². The maximum Gasteiger partial charge on any atom is 0.130 e. The average Bonchev–Trinajstić information content (AvgIpc) is 3.05. The van der Waals surface area contributed by atoms with E-state index in [9.17, 15) is 5.11 Å². The second kappa shape index (κ2) is 4.94. The molecule has 4 nitrogen and oxygen atoms in total. The van der Waals surface area contributed by atoms with Crippen LogP contribution in [0.4, 0.5) is 0 Å². The van der Waals surface area contributed by atoms with Gasteiger partial charge < -0.3 is 15.0 Å². The van der Waals surface area contributed by atoms with Crippen molar-refractivity contribution in [1.82, 2.24) is 14.9 Å². The second-order valence-corrected chi connectivity index (χ2v) is 5.27. The lowest BCUT2D eigenvalue weighted by atomic mass is 9.93. The van der Waals surface area contributed by atoms with Crippen molar-refractivity contribution >= 4 is 11.0 Å². The minimum Gasteiger partial charge on any atom is -0.395 e. The molecule has 4 heteroatoms. The van der Waals surface area contributed by atoms with Gasteiger partial charge in [0.1, 0.15) is 5.82 Å². The lowest BCUT2D eigenvalue weighted by molar-refractivity contribution is 0.264. The van der Waals surface area contributed by atoms with E-state index in [2.05, 4.69) is 22.9 Å². The third-order valence-corrected chi connectivity index (χ3v) is 4.25. The van der Waals surface area contributed by atoms with Crippen molar-refractivity contribution in [1.29, 1.82) is 0 Å². The molecule has 1 aliphatic heterocycles. The fraction of sp³-hybridized carbons (Fsp3) is 0.533. The predicted molar refractivity (Wildman–Crippen MR) is 76.0 cm³/mol. The zero-order chi connectivity index (χ0) is 13.3. The molecule has 1 atom stereocenters. The molecule has 2 heterocycles. The van der Waals surface area contributed by atoms with Crippen molar-refractivity contribution in [3.63, 3.8) is 0 Å². The Morgan fingerprint density at radius 3 is 2.95 bits per heavy atom. The van der Waals surface area contributed by atoms with E-state index in [0.29, 0.717) is 6.54 Å². The summed E-state index contributed by atoms with van der Waals surface area (Å²) in [6.07, 6.45) is 3.34. The van der Waals surface area contributed by atoms with E-state index in [0.717, 1.165) is 36.2 Å². The Morgan fingerprint density at radius 2 is 2.26 bits per heavy atom. The molecule has 1 fully saturated rings. The summed E-state index contributed by atoms with van der Waals surface area (Å²) in [5.74, 6) is 1.09. The molecule has 2 N–H and O–H groups in total. The average molecular weight is 259 g/mol.